The van der Waals surface area contributed by atoms with E-state index in [1.165, 1.54) is 0 Å². The number of hydrogen-bond acceptors (Lipinski definition) is 6. The summed E-state index contributed by atoms with van der Waals surface area (Å²) in [6, 6.07) is 18.6. The van der Waals surface area contributed by atoms with Gasteiger partial charge < -0.3 is 0 Å². The zero-order valence-corrected chi connectivity index (χ0v) is 16.4. The summed E-state index contributed by atoms with van der Waals surface area (Å²) in [4.78, 5) is 43.4. The molecule has 0 aromatic heterocycles. The third-order valence-corrected chi connectivity index (χ3v) is 3.96. The first-order chi connectivity index (χ1) is 13.2. The van der Waals surface area contributed by atoms with Gasteiger partial charge in [-0.1, -0.05) is 60.7 Å². The second-order valence-corrected chi connectivity index (χ2v) is 7.06. The van der Waals surface area contributed by atoms with Gasteiger partial charge in [0.1, 0.15) is 11.2 Å². The normalized spacial score (nSPS) is 12.0. The van der Waals surface area contributed by atoms with Crippen molar-refractivity contribution < 1.29 is 29.1 Å². The van der Waals surface area contributed by atoms with Gasteiger partial charge in [-0.3, -0.25) is 9.78 Å². The van der Waals surface area contributed by atoms with Crippen LogP contribution in [0.1, 0.15) is 38.8 Å². The van der Waals surface area contributed by atoms with Gasteiger partial charge in [-0.25, -0.2) is 9.59 Å². The molecule has 2 rings (SSSR count). The smallest absolute Gasteiger partial charge is 0.293 e. The highest BCUT2D eigenvalue weighted by atomic mass is 17.2. The summed E-state index contributed by atoms with van der Waals surface area (Å²) in [6.45, 7) is 7.03. The molecule has 0 radical (unpaired) electrons. The van der Waals surface area contributed by atoms with E-state index in [-0.39, 0.29) is 0 Å². The van der Waals surface area contributed by atoms with Gasteiger partial charge in [0.15, 0.2) is 0 Å². The molecule has 0 spiro atoms. The minimum Gasteiger partial charge on any atom is -0.293 e. The van der Waals surface area contributed by atoms with Gasteiger partial charge >= 0.3 is 11.9 Å². The van der Waals surface area contributed by atoms with Crippen LogP contribution in [-0.2, 0) is 40.3 Å². The Labute approximate surface area is 164 Å². The molecule has 0 amide bonds. The first kappa shape index (κ1) is 21.3. The van der Waals surface area contributed by atoms with Crippen LogP contribution >= 0.6 is 0 Å². The van der Waals surface area contributed by atoms with Crippen LogP contribution in [0.15, 0.2) is 72.8 Å². The quantitative estimate of drug-likeness (QED) is 0.382. The Hall–Kier alpha value is -2.96. The van der Waals surface area contributed by atoms with Crippen LogP contribution in [0.3, 0.4) is 0 Å². The van der Waals surface area contributed by atoms with Crippen LogP contribution in [0, 0.1) is 0 Å². The molecule has 0 heterocycles. The van der Waals surface area contributed by atoms with Crippen LogP contribution in [0.2, 0.25) is 0 Å². The monoisotopic (exact) mass is 384 g/mol. The summed E-state index contributed by atoms with van der Waals surface area (Å²) >= 11 is 0. The van der Waals surface area contributed by atoms with E-state index < -0.39 is 23.1 Å². The van der Waals surface area contributed by atoms with Crippen molar-refractivity contribution in [2.24, 2.45) is 0 Å². The maximum atomic E-state index is 11.8. The van der Waals surface area contributed by atoms with Crippen molar-refractivity contribution in [3.63, 3.8) is 0 Å². The molecule has 0 atom stereocenters. The first-order valence-corrected chi connectivity index (χ1v) is 8.79. The molecule has 0 bridgehead atoms. The molecule has 6 nitrogen and oxygen atoms in total. The molecule has 0 unspecified atom stereocenters. The molecule has 0 aliphatic rings. The molecular weight excluding hydrogens is 360 g/mol. The molecule has 28 heavy (non-hydrogen) atoms. The van der Waals surface area contributed by atoms with Gasteiger partial charge in [0.25, 0.3) is 0 Å². The van der Waals surface area contributed by atoms with Crippen molar-refractivity contribution in [3.8, 4) is 0 Å². The lowest BCUT2D eigenvalue weighted by atomic mass is 9.99. The SMILES string of the molecule is CC(C)(OOC(=O)/C=C/C(=O)OOC(C)(C)c1ccccc1)c1ccccc1. The Morgan fingerprint density at radius 2 is 0.964 bits per heavy atom. The Morgan fingerprint density at radius 1 is 0.643 bits per heavy atom. The molecular formula is C22H24O6. The largest absolute Gasteiger partial charge is 0.366 e. The summed E-state index contributed by atoms with van der Waals surface area (Å²) in [7, 11) is 0. The second kappa shape index (κ2) is 9.30. The van der Waals surface area contributed by atoms with Crippen LogP contribution in [0.25, 0.3) is 0 Å². The molecule has 6 heteroatoms. The van der Waals surface area contributed by atoms with Crippen molar-refractivity contribution >= 4 is 11.9 Å². The van der Waals surface area contributed by atoms with Crippen LogP contribution in [0.4, 0.5) is 0 Å². The zero-order chi connectivity index (χ0) is 20.6. The maximum Gasteiger partial charge on any atom is 0.366 e. The number of hydrogen-bond donors (Lipinski definition) is 0. The van der Waals surface area contributed by atoms with Gasteiger partial charge in [-0.15, -0.1) is 0 Å². The van der Waals surface area contributed by atoms with E-state index in [9.17, 15) is 9.59 Å². The van der Waals surface area contributed by atoms with E-state index in [0.717, 1.165) is 23.3 Å². The second-order valence-electron chi connectivity index (χ2n) is 7.06. The summed E-state index contributed by atoms with van der Waals surface area (Å²) in [5.74, 6) is -1.69. The fraction of sp³-hybridized carbons (Fsp3) is 0.273. The molecule has 0 N–H and O–H groups in total. The Bertz CT molecular complexity index is 740. The lowest BCUT2D eigenvalue weighted by Crippen LogP contribution is -2.24. The van der Waals surface area contributed by atoms with Gasteiger partial charge in [-0.05, 0) is 38.8 Å². The third kappa shape index (κ3) is 6.33. The topological polar surface area (TPSA) is 71.1 Å². The third-order valence-electron chi connectivity index (χ3n) is 3.96. The van der Waals surface area contributed by atoms with E-state index in [4.69, 9.17) is 19.6 Å². The molecule has 0 aliphatic heterocycles. The van der Waals surface area contributed by atoms with Crippen LogP contribution in [0.5, 0.6) is 0 Å². The summed E-state index contributed by atoms with van der Waals surface area (Å²) < 4.78 is 0. The fourth-order valence-corrected chi connectivity index (χ4v) is 2.26. The lowest BCUT2D eigenvalue weighted by molar-refractivity contribution is -0.327. The van der Waals surface area contributed by atoms with E-state index in [2.05, 4.69) is 0 Å². The Balaban J connectivity index is 1.81. The Morgan fingerprint density at radius 3 is 1.29 bits per heavy atom. The molecule has 2 aromatic rings. The fourth-order valence-electron chi connectivity index (χ4n) is 2.26. The van der Waals surface area contributed by atoms with E-state index in [1.807, 2.05) is 60.7 Å². The van der Waals surface area contributed by atoms with Crippen molar-refractivity contribution in [2.75, 3.05) is 0 Å². The van der Waals surface area contributed by atoms with Crippen molar-refractivity contribution in [2.45, 2.75) is 38.9 Å². The van der Waals surface area contributed by atoms with Crippen LogP contribution in [-0.4, -0.2) is 11.9 Å². The van der Waals surface area contributed by atoms with Crippen molar-refractivity contribution in [1.29, 1.82) is 0 Å². The van der Waals surface area contributed by atoms with E-state index in [0.29, 0.717) is 0 Å². The van der Waals surface area contributed by atoms with Crippen molar-refractivity contribution in [3.05, 3.63) is 83.9 Å². The lowest BCUT2D eigenvalue weighted by Gasteiger charge is -2.23. The molecule has 2 aromatic carbocycles. The van der Waals surface area contributed by atoms with Gasteiger partial charge in [0.05, 0.1) is 0 Å². The summed E-state index contributed by atoms with van der Waals surface area (Å²) in [6.07, 6.45) is 1.81. The summed E-state index contributed by atoms with van der Waals surface area (Å²) in [5, 5.41) is 0. The molecule has 0 saturated heterocycles. The van der Waals surface area contributed by atoms with Gasteiger partial charge in [0, 0.05) is 12.2 Å². The maximum absolute atomic E-state index is 11.8. The molecule has 0 aliphatic carbocycles. The number of carbonyl (C=O) groups excluding carboxylic acids is 2. The van der Waals surface area contributed by atoms with Crippen molar-refractivity contribution in [1.82, 2.24) is 0 Å². The highest BCUT2D eigenvalue weighted by Crippen LogP contribution is 2.25. The van der Waals surface area contributed by atoms with Gasteiger partial charge in [0.2, 0.25) is 0 Å². The highest BCUT2D eigenvalue weighted by Gasteiger charge is 2.25. The standard InChI is InChI=1S/C22H24O6/c1-21(2,17-11-7-5-8-12-17)27-25-19(23)15-16-20(24)26-28-22(3,4)18-13-9-6-10-14-18/h5-16H,1-4H3/b16-15+. The summed E-state index contributed by atoms with van der Waals surface area (Å²) in [5.41, 5.74) is -0.00667. The van der Waals surface area contributed by atoms with Gasteiger partial charge in [-0.2, -0.15) is 9.78 Å². The zero-order valence-electron chi connectivity index (χ0n) is 16.4. The van der Waals surface area contributed by atoms with Crippen LogP contribution < -0.4 is 0 Å². The molecule has 0 saturated carbocycles. The number of rotatable bonds is 8. The molecule has 0 fully saturated rings. The minimum absolute atomic E-state index is 0.836. The molecule has 148 valence electrons. The average molecular weight is 384 g/mol. The highest BCUT2D eigenvalue weighted by molar-refractivity contribution is 5.91. The first-order valence-electron chi connectivity index (χ1n) is 8.79. The minimum atomic E-state index is -0.844. The predicted octanol–water partition coefficient (Wildman–Crippen LogP) is 4.36. The van der Waals surface area contributed by atoms with E-state index in [1.54, 1.807) is 27.7 Å². The number of benzene rings is 2. The number of carbonyl (C=O) groups is 2. The predicted molar refractivity (Wildman–Crippen MR) is 102 cm³/mol. The Kier molecular flexibility index (Phi) is 7.09. The van der Waals surface area contributed by atoms with E-state index >= 15 is 0 Å². The average Bonchev–Trinajstić information content (AvgIpc) is 2.70.